The molecule has 0 radical (unpaired) electrons. The summed E-state index contributed by atoms with van der Waals surface area (Å²) in [5.74, 6) is 0.170. The molecule has 3 aromatic rings. The molecule has 7 nitrogen and oxygen atoms in total. The highest BCUT2D eigenvalue weighted by molar-refractivity contribution is 5.98. The molecule has 1 amide bonds. The minimum Gasteiger partial charge on any atom is -0.395 e. The van der Waals surface area contributed by atoms with Crippen LogP contribution in [0.15, 0.2) is 54.9 Å². The molecule has 0 saturated heterocycles. The van der Waals surface area contributed by atoms with Crippen LogP contribution in [0.3, 0.4) is 0 Å². The summed E-state index contributed by atoms with van der Waals surface area (Å²) < 4.78 is 39.1. The molecule has 1 aromatic heterocycles. The third-order valence-electron chi connectivity index (χ3n) is 5.43. The standard InChI is InChI=1S/C23H21F3N4O3/c24-23(25,26)15-4-1-3-14(11-15)21(32)18-12-20(29-13-28-18)30-9-7-16-17(5-2-6-19(16)30)22(33)27-8-10-31/h1-6,11-13,21,31-32H,7-10H2,(H,27,33). The number of hydrogen-bond donors (Lipinski definition) is 3. The van der Waals surface area contributed by atoms with Gasteiger partial charge in [-0.2, -0.15) is 13.2 Å². The number of halogens is 3. The number of nitrogens with zero attached hydrogens (tertiary/aromatic N) is 3. The molecular weight excluding hydrogens is 437 g/mol. The Bertz CT molecular complexity index is 1170. The third kappa shape index (κ3) is 4.67. The summed E-state index contributed by atoms with van der Waals surface area (Å²) in [7, 11) is 0. The molecule has 1 atom stereocenters. The van der Waals surface area contributed by atoms with Crippen LogP contribution in [0.4, 0.5) is 24.7 Å². The minimum absolute atomic E-state index is 0.0686. The van der Waals surface area contributed by atoms with Crippen LogP contribution in [-0.2, 0) is 12.6 Å². The third-order valence-corrected chi connectivity index (χ3v) is 5.43. The highest BCUT2D eigenvalue weighted by Crippen LogP contribution is 2.37. The number of anilines is 2. The molecule has 2 heterocycles. The van der Waals surface area contributed by atoms with Crippen molar-refractivity contribution >= 4 is 17.4 Å². The summed E-state index contributed by atoms with van der Waals surface area (Å²) in [6.45, 7) is 0.509. The zero-order valence-electron chi connectivity index (χ0n) is 17.4. The van der Waals surface area contributed by atoms with E-state index in [4.69, 9.17) is 5.11 Å². The molecule has 0 bridgehead atoms. The number of rotatable bonds is 6. The Kier molecular flexibility index (Phi) is 6.30. The summed E-state index contributed by atoms with van der Waals surface area (Å²) in [5.41, 5.74) is 1.47. The lowest BCUT2D eigenvalue weighted by molar-refractivity contribution is -0.137. The summed E-state index contributed by atoms with van der Waals surface area (Å²) in [4.78, 5) is 22.6. The number of nitrogens with one attached hydrogen (secondary N) is 1. The van der Waals surface area contributed by atoms with Gasteiger partial charge < -0.3 is 20.4 Å². The zero-order chi connectivity index (χ0) is 23.6. The molecule has 0 saturated carbocycles. The van der Waals surface area contributed by atoms with Crippen molar-refractivity contribution in [1.82, 2.24) is 15.3 Å². The molecule has 2 aromatic carbocycles. The van der Waals surface area contributed by atoms with Gasteiger partial charge in [-0.25, -0.2) is 9.97 Å². The number of aromatic nitrogens is 2. The van der Waals surface area contributed by atoms with Gasteiger partial charge in [-0.15, -0.1) is 0 Å². The lowest BCUT2D eigenvalue weighted by atomic mass is 10.0. The number of fused-ring (bicyclic) bond motifs is 1. The molecule has 0 spiro atoms. The zero-order valence-corrected chi connectivity index (χ0v) is 17.4. The number of aliphatic hydroxyl groups excluding tert-OH is 2. The first-order chi connectivity index (χ1) is 15.8. The number of carbonyl (C=O) groups is 1. The van der Waals surface area contributed by atoms with E-state index in [-0.39, 0.29) is 30.3 Å². The Balaban J connectivity index is 1.62. The second-order valence-electron chi connectivity index (χ2n) is 7.51. The summed E-state index contributed by atoms with van der Waals surface area (Å²) in [5, 5.41) is 22.3. The Morgan fingerprint density at radius 2 is 1.94 bits per heavy atom. The Hall–Kier alpha value is -3.50. The lowest BCUT2D eigenvalue weighted by Gasteiger charge is -2.20. The van der Waals surface area contributed by atoms with Crippen LogP contribution in [0.2, 0.25) is 0 Å². The van der Waals surface area contributed by atoms with Crippen LogP contribution < -0.4 is 10.2 Å². The van der Waals surface area contributed by atoms with Crippen molar-refractivity contribution < 1.29 is 28.2 Å². The van der Waals surface area contributed by atoms with Crippen LogP contribution in [0.5, 0.6) is 0 Å². The number of aliphatic hydroxyl groups is 2. The van der Waals surface area contributed by atoms with Gasteiger partial charge in [0.25, 0.3) is 5.91 Å². The van der Waals surface area contributed by atoms with Gasteiger partial charge in [-0.05, 0) is 41.8 Å². The van der Waals surface area contributed by atoms with E-state index in [9.17, 15) is 23.1 Å². The van der Waals surface area contributed by atoms with Crippen LogP contribution in [0, 0.1) is 0 Å². The topological polar surface area (TPSA) is 98.6 Å². The van der Waals surface area contributed by atoms with E-state index >= 15 is 0 Å². The average molecular weight is 458 g/mol. The maximum absolute atomic E-state index is 13.0. The molecule has 1 unspecified atom stereocenters. The molecule has 1 aliphatic heterocycles. The number of carbonyl (C=O) groups excluding carboxylic acids is 1. The largest absolute Gasteiger partial charge is 0.416 e. The maximum atomic E-state index is 13.0. The highest BCUT2D eigenvalue weighted by Gasteiger charge is 2.31. The van der Waals surface area contributed by atoms with Crippen LogP contribution in [0.1, 0.15) is 38.8 Å². The molecular formula is C23H21F3N4O3. The van der Waals surface area contributed by atoms with Crippen molar-refractivity contribution in [3.8, 4) is 0 Å². The van der Waals surface area contributed by atoms with Crippen molar-refractivity contribution in [2.24, 2.45) is 0 Å². The molecule has 172 valence electrons. The predicted octanol–water partition coefficient (Wildman–Crippen LogP) is 2.99. The van der Waals surface area contributed by atoms with Gasteiger partial charge in [0.15, 0.2) is 0 Å². The fourth-order valence-corrected chi connectivity index (χ4v) is 3.86. The molecule has 0 fully saturated rings. The van der Waals surface area contributed by atoms with E-state index in [2.05, 4.69) is 15.3 Å². The second kappa shape index (κ2) is 9.16. The van der Waals surface area contributed by atoms with E-state index in [1.54, 1.807) is 12.1 Å². The number of amides is 1. The predicted molar refractivity (Wildman–Crippen MR) is 114 cm³/mol. The van der Waals surface area contributed by atoms with Crippen molar-refractivity contribution in [1.29, 1.82) is 0 Å². The number of hydrogen-bond acceptors (Lipinski definition) is 6. The summed E-state index contributed by atoms with van der Waals surface area (Å²) in [6, 6.07) is 11.3. The number of benzene rings is 2. The molecule has 33 heavy (non-hydrogen) atoms. The Morgan fingerprint density at radius 3 is 2.70 bits per heavy atom. The molecule has 4 rings (SSSR count). The monoisotopic (exact) mass is 458 g/mol. The molecule has 3 N–H and O–H groups in total. The lowest BCUT2D eigenvalue weighted by Crippen LogP contribution is -2.27. The van der Waals surface area contributed by atoms with E-state index in [1.165, 1.54) is 24.5 Å². The van der Waals surface area contributed by atoms with Crippen molar-refractivity contribution in [2.45, 2.75) is 18.7 Å². The van der Waals surface area contributed by atoms with E-state index in [1.807, 2.05) is 11.0 Å². The maximum Gasteiger partial charge on any atom is 0.416 e. The van der Waals surface area contributed by atoms with Gasteiger partial charge in [0, 0.05) is 30.4 Å². The van der Waals surface area contributed by atoms with Gasteiger partial charge in [0.2, 0.25) is 0 Å². The normalized spacial score (nSPS) is 14.2. The molecule has 10 heteroatoms. The quantitative estimate of drug-likeness (QED) is 0.525. The Morgan fingerprint density at radius 1 is 1.15 bits per heavy atom. The van der Waals surface area contributed by atoms with Gasteiger partial charge in [0.1, 0.15) is 18.2 Å². The Labute approximate surface area is 187 Å². The first-order valence-electron chi connectivity index (χ1n) is 10.2. The first-order valence-corrected chi connectivity index (χ1v) is 10.2. The van der Waals surface area contributed by atoms with Gasteiger partial charge >= 0.3 is 6.18 Å². The van der Waals surface area contributed by atoms with Crippen LogP contribution in [0.25, 0.3) is 0 Å². The van der Waals surface area contributed by atoms with Gasteiger partial charge in [0.05, 0.1) is 17.9 Å². The van der Waals surface area contributed by atoms with E-state index < -0.39 is 17.8 Å². The summed E-state index contributed by atoms with van der Waals surface area (Å²) in [6.07, 6.45) is -4.07. The van der Waals surface area contributed by atoms with Crippen LogP contribution >= 0.6 is 0 Å². The SMILES string of the molecule is O=C(NCCO)c1cccc2c1CCN2c1cc(C(O)c2cccc(C(F)(F)F)c2)ncn1. The van der Waals surface area contributed by atoms with Crippen molar-refractivity contribution in [2.75, 3.05) is 24.6 Å². The first kappa shape index (κ1) is 22.7. The van der Waals surface area contributed by atoms with E-state index in [0.717, 1.165) is 23.4 Å². The minimum atomic E-state index is -4.52. The fourth-order valence-electron chi connectivity index (χ4n) is 3.86. The highest BCUT2D eigenvalue weighted by atomic mass is 19.4. The van der Waals surface area contributed by atoms with Crippen LogP contribution in [-0.4, -0.2) is 45.8 Å². The molecule has 0 aliphatic carbocycles. The average Bonchev–Trinajstić information content (AvgIpc) is 3.26. The number of alkyl halides is 3. The van der Waals surface area contributed by atoms with Crippen molar-refractivity contribution in [3.05, 3.63) is 82.8 Å². The summed E-state index contributed by atoms with van der Waals surface area (Å²) >= 11 is 0. The van der Waals surface area contributed by atoms with Crippen molar-refractivity contribution in [3.63, 3.8) is 0 Å². The smallest absolute Gasteiger partial charge is 0.395 e. The van der Waals surface area contributed by atoms with Gasteiger partial charge in [-0.3, -0.25) is 4.79 Å². The van der Waals surface area contributed by atoms with E-state index in [0.29, 0.717) is 24.3 Å². The second-order valence-corrected chi connectivity index (χ2v) is 7.51. The fraction of sp³-hybridized carbons (Fsp3) is 0.261. The molecule has 1 aliphatic rings. The van der Waals surface area contributed by atoms with Gasteiger partial charge in [-0.1, -0.05) is 18.2 Å².